The Morgan fingerprint density at radius 2 is 2.23 bits per heavy atom. The molecular formula is C8H7Cl2NO2. The van der Waals surface area contributed by atoms with Crippen molar-refractivity contribution in [1.29, 1.82) is 0 Å². The fourth-order valence-electron chi connectivity index (χ4n) is 1.02. The first-order valence-corrected chi connectivity index (χ1v) is 4.37. The van der Waals surface area contributed by atoms with Crippen LogP contribution in [0.1, 0.15) is 6.92 Å². The first-order valence-electron chi connectivity index (χ1n) is 3.62. The van der Waals surface area contributed by atoms with Crippen molar-refractivity contribution >= 4 is 23.2 Å². The summed E-state index contributed by atoms with van der Waals surface area (Å²) in [6, 6.07) is 0. The first kappa shape index (κ1) is 10.3. The quantitative estimate of drug-likeness (QED) is 0.503. The SMILES string of the molecule is CC1C=CC(=C(Cl)Cl)C=C1[N+](=O)[O-]. The van der Waals surface area contributed by atoms with Gasteiger partial charge in [-0.1, -0.05) is 35.4 Å². The minimum absolute atomic E-state index is 0.0440. The van der Waals surface area contributed by atoms with Crippen LogP contribution < -0.4 is 0 Å². The van der Waals surface area contributed by atoms with Gasteiger partial charge in [-0.15, -0.1) is 0 Å². The molecule has 0 aliphatic heterocycles. The Morgan fingerprint density at radius 1 is 1.62 bits per heavy atom. The molecule has 70 valence electrons. The fraction of sp³-hybridized carbons (Fsp3) is 0.250. The summed E-state index contributed by atoms with van der Waals surface area (Å²) in [4.78, 5) is 10.1. The highest BCUT2D eigenvalue weighted by Crippen LogP contribution is 2.26. The van der Waals surface area contributed by atoms with Gasteiger partial charge in [0.25, 0.3) is 5.70 Å². The molecule has 1 rings (SSSR count). The first-order chi connectivity index (χ1) is 6.02. The third-order valence-electron chi connectivity index (χ3n) is 1.76. The predicted octanol–water partition coefficient (Wildman–Crippen LogP) is 3.04. The monoisotopic (exact) mass is 219 g/mol. The molecule has 1 unspecified atom stereocenters. The van der Waals surface area contributed by atoms with E-state index in [0.717, 1.165) is 0 Å². The van der Waals surface area contributed by atoms with Crippen molar-refractivity contribution in [3.8, 4) is 0 Å². The lowest BCUT2D eigenvalue weighted by atomic mass is 9.99. The molecule has 0 bridgehead atoms. The van der Waals surface area contributed by atoms with E-state index in [2.05, 4.69) is 0 Å². The zero-order chi connectivity index (χ0) is 10.0. The van der Waals surface area contributed by atoms with Crippen LogP contribution in [0.5, 0.6) is 0 Å². The van der Waals surface area contributed by atoms with E-state index in [4.69, 9.17) is 23.2 Å². The summed E-state index contributed by atoms with van der Waals surface area (Å²) in [5.74, 6) is -0.202. The molecule has 3 nitrogen and oxygen atoms in total. The normalized spacial score (nSPS) is 21.3. The minimum Gasteiger partial charge on any atom is -0.259 e. The maximum atomic E-state index is 10.5. The largest absolute Gasteiger partial charge is 0.259 e. The summed E-state index contributed by atoms with van der Waals surface area (Å²) >= 11 is 11.0. The number of hydrogen-bond donors (Lipinski definition) is 0. The Hall–Kier alpha value is -0.800. The maximum Gasteiger partial charge on any atom is 0.253 e. The van der Waals surface area contributed by atoms with E-state index in [1.807, 2.05) is 0 Å². The zero-order valence-electron chi connectivity index (χ0n) is 6.83. The van der Waals surface area contributed by atoms with Crippen LogP contribution in [0.15, 0.2) is 34.0 Å². The third-order valence-corrected chi connectivity index (χ3v) is 2.20. The summed E-state index contributed by atoms with van der Waals surface area (Å²) in [5.41, 5.74) is 0.587. The molecule has 0 aromatic rings. The van der Waals surface area contributed by atoms with Crippen molar-refractivity contribution in [1.82, 2.24) is 0 Å². The molecule has 5 heteroatoms. The van der Waals surface area contributed by atoms with Crippen LogP contribution in [0.25, 0.3) is 0 Å². The Morgan fingerprint density at radius 3 is 2.69 bits per heavy atom. The van der Waals surface area contributed by atoms with Gasteiger partial charge in [0.1, 0.15) is 4.49 Å². The summed E-state index contributed by atoms with van der Waals surface area (Å²) in [6.07, 6.45) is 4.76. The molecule has 1 aliphatic carbocycles. The Balaban J connectivity index is 3.08. The molecule has 0 fully saturated rings. The molecule has 0 saturated heterocycles. The second-order valence-corrected chi connectivity index (χ2v) is 3.64. The average Bonchev–Trinajstić information content (AvgIpc) is 2.04. The van der Waals surface area contributed by atoms with Gasteiger partial charge in [0.15, 0.2) is 0 Å². The highest BCUT2D eigenvalue weighted by atomic mass is 35.5. The second-order valence-electron chi connectivity index (χ2n) is 2.69. The number of allylic oxidation sites excluding steroid dienone is 4. The standard InChI is InChI=1S/C8H7Cl2NO2/c1-5-2-3-6(8(9)10)4-7(5)11(12)13/h2-5H,1H3. The highest BCUT2D eigenvalue weighted by Gasteiger charge is 2.21. The predicted molar refractivity (Wildman–Crippen MR) is 52.1 cm³/mol. The van der Waals surface area contributed by atoms with Gasteiger partial charge in [-0.2, -0.15) is 0 Å². The van der Waals surface area contributed by atoms with E-state index >= 15 is 0 Å². The van der Waals surface area contributed by atoms with E-state index in [-0.39, 0.29) is 16.1 Å². The fourth-order valence-corrected chi connectivity index (χ4v) is 1.26. The molecule has 0 radical (unpaired) electrons. The van der Waals surface area contributed by atoms with Crippen LogP contribution in [0.4, 0.5) is 0 Å². The molecule has 1 atom stereocenters. The van der Waals surface area contributed by atoms with Crippen molar-refractivity contribution in [3.05, 3.63) is 44.1 Å². The molecular weight excluding hydrogens is 213 g/mol. The number of halogens is 2. The van der Waals surface area contributed by atoms with Gasteiger partial charge >= 0.3 is 0 Å². The molecule has 0 aromatic carbocycles. The van der Waals surface area contributed by atoms with E-state index in [1.54, 1.807) is 19.1 Å². The molecule has 0 spiro atoms. The van der Waals surface area contributed by atoms with E-state index in [1.165, 1.54) is 6.08 Å². The number of nitrogens with zero attached hydrogens (tertiary/aromatic N) is 1. The average molecular weight is 220 g/mol. The van der Waals surface area contributed by atoms with Gasteiger partial charge in [0, 0.05) is 11.6 Å². The number of rotatable bonds is 1. The van der Waals surface area contributed by atoms with Gasteiger partial charge < -0.3 is 0 Å². The highest BCUT2D eigenvalue weighted by molar-refractivity contribution is 6.56. The third kappa shape index (κ3) is 2.32. The van der Waals surface area contributed by atoms with Crippen molar-refractivity contribution in [2.75, 3.05) is 0 Å². The molecule has 1 aliphatic rings. The van der Waals surface area contributed by atoms with E-state index in [9.17, 15) is 10.1 Å². The van der Waals surface area contributed by atoms with E-state index in [0.29, 0.717) is 5.57 Å². The lowest BCUT2D eigenvalue weighted by molar-refractivity contribution is -0.431. The lowest BCUT2D eigenvalue weighted by Crippen LogP contribution is -2.09. The molecule has 0 saturated carbocycles. The molecule has 0 heterocycles. The molecule has 13 heavy (non-hydrogen) atoms. The van der Waals surface area contributed by atoms with Crippen LogP contribution in [-0.4, -0.2) is 4.92 Å². The second kappa shape index (κ2) is 3.94. The van der Waals surface area contributed by atoms with Crippen LogP contribution >= 0.6 is 23.2 Å². The van der Waals surface area contributed by atoms with Gasteiger partial charge in [0.2, 0.25) is 0 Å². The lowest BCUT2D eigenvalue weighted by Gasteiger charge is -2.08. The zero-order valence-corrected chi connectivity index (χ0v) is 8.34. The van der Waals surface area contributed by atoms with Crippen molar-refractivity contribution in [3.63, 3.8) is 0 Å². The van der Waals surface area contributed by atoms with Crippen LogP contribution in [-0.2, 0) is 0 Å². The van der Waals surface area contributed by atoms with Crippen LogP contribution in [0.3, 0.4) is 0 Å². The van der Waals surface area contributed by atoms with Gasteiger partial charge in [-0.25, -0.2) is 0 Å². The summed E-state index contributed by atoms with van der Waals surface area (Å²) in [7, 11) is 0. The summed E-state index contributed by atoms with van der Waals surface area (Å²) in [6.45, 7) is 1.74. The summed E-state index contributed by atoms with van der Waals surface area (Å²) in [5, 5.41) is 10.5. The van der Waals surface area contributed by atoms with Crippen molar-refractivity contribution in [2.24, 2.45) is 5.92 Å². The van der Waals surface area contributed by atoms with Crippen molar-refractivity contribution in [2.45, 2.75) is 6.92 Å². The van der Waals surface area contributed by atoms with Crippen LogP contribution in [0, 0.1) is 16.0 Å². The summed E-state index contributed by atoms with van der Waals surface area (Å²) < 4.78 is 0.0440. The van der Waals surface area contributed by atoms with Gasteiger partial charge in [0.05, 0.1) is 10.8 Å². The van der Waals surface area contributed by atoms with Crippen molar-refractivity contribution < 1.29 is 4.92 Å². The van der Waals surface area contributed by atoms with E-state index < -0.39 is 4.92 Å². The topological polar surface area (TPSA) is 43.1 Å². The van der Waals surface area contributed by atoms with Crippen LogP contribution in [0.2, 0.25) is 0 Å². The minimum atomic E-state index is -0.426. The Bertz CT molecular complexity index is 327. The molecule has 0 N–H and O–H groups in total. The smallest absolute Gasteiger partial charge is 0.253 e. The maximum absolute atomic E-state index is 10.5. The van der Waals surface area contributed by atoms with Gasteiger partial charge in [-0.05, 0) is 6.92 Å². The van der Waals surface area contributed by atoms with Gasteiger partial charge in [-0.3, -0.25) is 10.1 Å². The Labute approximate surface area is 85.5 Å². The number of hydrogen-bond acceptors (Lipinski definition) is 2. The molecule has 0 amide bonds. The number of nitro groups is 1. The Kier molecular flexibility index (Phi) is 3.12. The molecule has 0 aromatic heterocycles.